The Bertz CT molecular complexity index is 388. The molecule has 2 fully saturated rings. The van der Waals surface area contributed by atoms with Crippen LogP contribution >= 0.6 is 0 Å². The van der Waals surface area contributed by atoms with E-state index in [9.17, 15) is 4.79 Å². The summed E-state index contributed by atoms with van der Waals surface area (Å²) in [4.78, 5) is 14.7. The van der Waals surface area contributed by atoms with Gasteiger partial charge in [-0.05, 0) is 72.4 Å². The number of carbonyl (C=O) groups excluding carboxylic acids is 1. The molecule has 0 N–H and O–H groups in total. The fourth-order valence-corrected chi connectivity index (χ4v) is 3.49. The van der Waals surface area contributed by atoms with Crippen molar-refractivity contribution >= 4 is 5.97 Å². The number of esters is 1. The van der Waals surface area contributed by atoms with Crippen LogP contribution in [0, 0.1) is 24.2 Å². The predicted octanol–water partition coefficient (Wildman–Crippen LogP) is 3.23. The van der Waals surface area contributed by atoms with Crippen LogP contribution in [-0.4, -0.2) is 35.6 Å². The minimum Gasteiger partial charge on any atom is -0.460 e. The Kier molecular flexibility index (Phi) is 5.32. The number of hydrogen-bond donors (Lipinski definition) is 0. The molecule has 0 spiro atoms. The van der Waals surface area contributed by atoms with Gasteiger partial charge in [0.05, 0.1) is 5.92 Å². The van der Waals surface area contributed by atoms with Gasteiger partial charge in [0.15, 0.2) is 0 Å². The SMILES string of the molecule is C#CC1CCC(N2CCC(C(=O)OC(C)(C)C)CC2)CC1. The van der Waals surface area contributed by atoms with Crippen molar-refractivity contribution in [3.63, 3.8) is 0 Å². The summed E-state index contributed by atoms with van der Waals surface area (Å²) in [5.74, 6) is 3.45. The first kappa shape index (κ1) is 16.4. The van der Waals surface area contributed by atoms with Gasteiger partial charge in [-0.15, -0.1) is 12.3 Å². The van der Waals surface area contributed by atoms with Crippen LogP contribution < -0.4 is 0 Å². The molecule has 0 aromatic heterocycles. The van der Waals surface area contributed by atoms with Gasteiger partial charge in [-0.3, -0.25) is 4.79 Å². The number of hydrogen-bond acceptors (Lipinski definition) is 3. The third kappa shape index (κ3) is 4.74. The number of terminal acetylenes is 1. The summed E-state index contributed by atoms with van der Waals surface area (Å²) < 4.78 is 5.51. The Morgan fingerprint density at radius 3 is 2.14 bits per heavy atom. The second kappa shape index (κ2) is 6.83. The Morgan fingerprint density at radius 2 is 1.67 bits per heavy atom. The largest absolute Gasteiger partial charge is 0.460 e. The molecule has 1 aliphatic carbocycles. The molecule has 21 heavy (non-hydrogen) atoms. The Morgan fingerprint density at radius 1 is 1.10 bits per heavy atom. The lowest BCUT2D eigenvalue weighted by Crippen LogP contribution is -2.45. The molecule has 0 aromatic carbocycles. The molecule has 1 saturated heterocycles. The van der Waals surface area contributed by atoms with Crippen LogP contribution in [0.2, 0.25) is 0 Å². The monoisotopic (exact) mass is 291 g/mol. The van der Waals surface area contributed by atoms with Crippen molar-refractivity contribution < 1.29 is 9.53 Å². The van der Waals surface area contributed by atoms with E-state index in [0.29, 0.717) is 12.0 Å². The van der Waals surface area contributed by atoms with Crippen LogP contribution in [0.25, 0.3) is 0 Å². The van der Waals surface area contributed by atoms with Crippen molar-refractivity contribution in [2.75, 3.05) is 13.1 Å². The number of likely N-dealkylation sites (tertiary alicyclic amines) is 1. The van der Waals surface area contributed by atoms with Crippen LogP contribution in [0.1, 0.15) is 59.3 Å². The summed E-state index contributed by atoms with van der Waals surface area (Å²) in [7, 11) is 0. The van der Waals surface area contributed by atoms with Crippen molar-refractivity contribution in [1.29, 1.82) is 0 Å². The summed E-state index contributed by atoms with van der Waals surface area (Å²) in [6.45, 7) is 7.85. The highest BCUT2D eigenvalue weighted by Gasteiger charge is 2.32. The lowest BCUT2D eigenvalue weighted by molar-refractivity contribution is -0.161. The molecule has 0 unspecified atom stereocenters. The Labute approximate surface area is 129 Å². The molecule has 2 aliphatic rings. The smallest absolute Gasteiger partial charge is 0.309 e. The van der Waals surface area contributed by atoms with E-state index in [4.69, 9.17) is 11.2 Å². The maximum absolute atomic E-state index is 12.1. The lowest BCUT2D eigenvalue weighted by Gasteiger charge is -2.40. The number of carbonyl (C=O) groups is 1. The molecule has 2 rings (SSSR count). The highest BCUT2D eigenvalue weighted by Crippen LogP contribution is 2.30. The second-order valence-corrected chi connectivity index (χ2v) is 7.52. The van der Waals surface area contributed by atoms with Crippen LogP contribution in [0.3, 0.4) is 0 Å². The minimum atomic E-state index is -0.373. The van der Waals surface area contributed by atoms with Gasteiger partial charge in [0.25, 0.3) is 0 Å². The average molecular weight is 291 g/mol. The zero-order valence-electron chi connectivity index (χ0n) is 13.7. The number of ether oxygens (including phenoxy) is 1. The van der Waals surface area contributed by atoms with Gasteiger partial charge in [-0.25, -0.2) is 0 Å². The van der Waals surface area contributed by atoms with E-state index in [0.717, 1.165) is 38.8 Å². The summed E-state index contributed by atoms with van der Waals surface area (Å²) in [5.41, 5.74) is -0.373. The Balaban J connectivity index is 1.76. The van der Waals surface area contributed by atoms with E-state index < -0.39 is 0 Å². The molecule has 0 aromatic rings. The van der Waals surface area contributed by atoms with Crippen LogP contribution in [0.4, 0.5) is 0 Å². The van der Waals surface area contributed by atoms with Gasteiger partial charge < -0.3 is 9.64 Å². The molecule has 0 radical (unpaired) electrons. The highest BCUT2D eigenvalue weighted by atomic mass is 16.6. The Hall–Kier alpha value is -1.01. The van der Waals surface area contributed by atoms with E-state index in [1.54, 1.807) is 0 Å². The maximum Gasteiger partial charge on any atom is 0.309 e. The molecule has 0 atom stereocenters. The van der Waals surface area contributed by atoms with Crippen LogP contribution in [0.5, 0.6) is 0 Å². The minimum absolute atomic E-state index is 0.0156. The highest BCUT2D eigenvalue weighted by molar-refractivity contribution is 5.73. The molecule has 3 heteroatoms. The van der Waals surface area contributed by atoms with Crippen LogP contribution in [-0.2, 0) is 9.53 Å². The molecule has 0 amide bonds. The third-order valence-electron chi connectivity index (χ3n) is 4.72. The molecule has 1 aliphatic heterocycles. The predicted molar refractivity (Wildman–Crippen MR) is 84.7 cm³/mol. The first-order valence-electron chi connectivity index (χ1n) is 8.32. The van der Waals surface area contributed by atoms with E-state index >= 15 is 0 Å². The molecular weight excluding hydrogens is 262 g/mol. The zero-order valence-corrected chi connectivity index (χ0v) is 13.7. The van der Waals surface area contributed by atoms with Gasteiger partial charge in [-0.2, -0.15) is 0 Å². The van der Waals surface area contributed by atoms with E-state index in [-0.39, 0.29) is 17.5 Å². The number of nitrogens with zero attached hydrogens (tertiary/aromatic N) is 1. The van der Waals surface area contributed by atoms with Crippen LogP contribution in [0.15, 0.2) is 0 Å². The third-order valence-corrected chi connectivity index (χ3v) is 4.72. The lowest BCUT2D eigenvalue weighted by atomic mass is 9.84. The van der Waals surface area contributed by atoms with E-state index in [2.05, 4.69) is 10.8 Å². The van der Waals surface area contributed by atoms with Gasteiger partial charge in [0, 0.05) is 12.0 Å². The van der Waals surface area contributed by atoms with Crippen molar-refractivity contribution in [3.05, 3.63) is 0 Å². The topological polar surface area (TPSA) is 29.5 Å². The first-order valence-corrected chi connectivity index (χ1v) is 8.32. The maximum atomic E-state index is 12.1. The first-order chi connectivity index (χ1) is 9.89. The number of rotatable bonds is 2. The number of piperidine rings is 1. The summed E-state index contributed by atoms with van der Waals surface area (Å²) >= 11 is 0. The van der Waals surface area contributed by atoms with Crippen molar-refractivity contribution in [2.45, 2.75) is 70.9 Å². The fraction of sp³-hybridized carbons (Fsp3) is 0.833. The fourth-order valence-electron chi connectivity index (χ4n) is 3.49. The average Bonchev–Trinajstić information content (AvgIpc) is 2.46. The standard InChI is InChI=1S/C18H29NO2/c1-5-14-6-8-16(9-7-14)19-12-10-15(11-13-19)17(20)21-18(2,3)4/h1,14-16H,6-13H2,2-4H3. The van der Waals surface area contributed by atoms with Gasteiger partial charge in [-0.1, -0.05) is 0 Å². The van der Waals surface area contributed by atoms with Gasteiger partial charge in [0.2, 0.25) is 0 Å². The summed E-state index contributed by atoms with van der Waals surface area (Å²) in [6.07, 6.45) is 12.1. The van der Waals surface area contributed by atoms with Gasteiger partial charge in [0.1, 0.15) is 5.60 Å². The second-order valence-electron chi connectivity index (χ2n) is 7.52. The molecule has 0 bridgehead atoms. The summed E-state index contributed by atoms with van der Waals surface area (Å²) in [6, 6.07) is 0.675. The molecule has 1 heterocycles. The van der Waals surface area contributed by atoms with E-state index in [1.165, 1.54) is 12.8 Å². The van der Waals surface area contributed by atoms with Crippen molar-refractivity contribution in [1.82, 2.24) is 4.90 Å². The molecule has 1 saturated carbocycles. The quantitative estimate of drug-likeness (QED) is 0.578. The normalized spacial score (nSPS) is 28.9. The molecule has 118 valence electrons. The molecule has 3 nitrogen and oxygen atoms in total. The van der Waals surface area contributed by atoms with Crippen molar-refractivity contribution in [2.24, 2.45) is 11.8 Å². The van der Waals surface area contributed by atoms with E-state index in [1.807, 2.05) is 20.8 Å². The van der Waals surface area contributed by atoms with Crippen molar-refractivity contribution in [3.8, 4) is 12.3 Å². The molecular formula is C18H29NO2. The van der Waals surface area contributed by atoms with Gasteiger partial charge >= 0.3 is 5.97 Å². The zero-order chi connectivity index (χ0) is 15.5. The summed E-state index contributed by atoms with van der Waals surface area (Å²) in [5, 5.41) is 0.